The molecule has 1 atom stereocenters. The molecule has 1 heterocycles. The zero-order chi connectivity index (χ0) is 22.5. The minimum Gasteiger partial charge on any atom is -0.493 e. The minimum atomic E-state index is -0.704. The molecule has 1 aliphatic rings. The first kappa shape index (κ1) is 21.4. The Morgan fingerprint density at radius 2 is 1.72 bits per heavy atom. The van der Waals surface area contributed by atoms with Gasteiger partial charge in [-0.2, -0.15) is 0 Å². The van der Waals surface area contributed by atoms with Gasteiger partial charge in [-0.15, -0.1) is 0 Å². The molecule has 0 spiro atoms. The molecule has 1 aliphatic heterocycles. The molecule has 0 fully saturated rings. The number of rotatable bonds is 7. The Labute approximate surface area is 187 Å². The van der Waals surface area contributed by atoms with Crippen molar-refractivity contribution in [2.24, 2.45) is 0 Å². The van der Waals surface area contributed by atoms with Crippen molar-refractivity contribution in [3.8, 4) is 11.5 Å². The van der Waals surface area contributed by atoms with Crippen LogP contribution in [0.5, 0.6) is 11.5 Å². The van der Waals surface area contributed by atoms with Crippen LogP contribution in [0.2, 0.25) is 0 Å². The van der Waals surface area contributed by atoms with Gasteiger partial charge in [-0.25, -0.2) is 0 Å². The van der Waals surface area contributed by atoms with Crippen molar-refractivity contribution in [2.45, 2.75) is 25.6 Å². The molecule has 32 heavy (non-hydrogen) atoms. The molecule has 0 aromatic heterocycles. The van der Waals surface area contributed by atoms with Crippen LogP contribution in [-0.4, -0.2) is 30.9 Å². The molecule has 1 unspecified atom stereocenters. The van der Waals surface area contributed by atoms with Crippen LogP contribution in [0.15, 0.2) is 72.8 Å². The lowest BCUT2D eigenvalue weighted by atomic mass is 9.91. The van der Waals surface area contributed by atoms with Crippen LogP contribution >= 0.6 is 0 Å². The van der Waals surface area contributed by atoms with Gasteiger partial charge in [-0.3, -0.25) is 9.59 Å². The summed E-state index contributed by atoms with van der Waals surface area (Å²) in [5.74, 6) is 0.887. The lowest BCUT2D eigenvalue weighted by Crippen LogP contribution is -2.46. The van der Waals surface area contributed by atoms with Crippen molar-refractivity contribution in [2.75, 3.05) is 14.2 Å². The molecule has 0 saturated heterocycles. The average Bonchev–Trinajstić information content (AvgIpc) is 2.83. The molecule has 3 aromatic carbocycles. The molecule has 0 radical (unpaired) electrons. The maximum absolute atomic E-state index is 13.5. The average molecular weight is 431 g/mol. The molecule has 164 valence electrons. The maximum atomic E-state index is 13.5. The molecule has 6 nitrogen and oxygen atoms in total. The van der Waals surface area contributed by atoms with E-state index in [0.29, 0.717) is 18.0 Å². The van der Waals surface area contributed by atoms with Crippen molar-refractivity contribution < 1.29 is 19.1 Å². The van der Waals surface area contributed by atoms with E-state index in [1.165, 1.54) is 0 Å². The summed E-state index contributed by atoms with van der Waals surface area (Å²) in [6.07, 6.45) is 0.288. The highest BCUT2D eigenvalue weighted by Crippen LogP contribution is 2.33. The van der Waals surface area contributed by atoms with Gasteiger partial charge in [0.25, 0.3) is 0 Å². The number of methoxy groups -OCH3 is 2. The third-order valence-corrected chi connectivity index (χ3v) is 5.71. The van der Waals surface area contributed by atoms with Gasteiger partial charge in [0.1, 0.15) is 6.04 Å². The van der Waals surface area contributed by atoms with Gasteiger partial charge in [0, 0.05) is 18.7 Å². The molecular formula is C26H26N2O4. The van der Waals surface area contributed by atoms with Gasteiger partial charge >= 0.3 is 0 Å². The van der Waals surface area contributed by atoms with E-state index < -0.39 is 6.04 Å². The number of benzene rings is 3. The molecule has 0 saturated carbocycles. The Morgan fingerprint density at radius 3 is 2.47 bits per heavy atom. The molecule has 0 bridgehead atoms. The van der Waals surface area contributed by atoms with Gasteiger partial charge < -0.3 is 19.7 Å². The second-order valence-corrected chi connectivity index (χ2v) is 7.66. The predicted molar refractivity (Wildman–Crippen MR) is 121 cm³/mol. The fraction of sp³-hybridized carbons (Fsp3) is 0.231. The topological polar surface area (TPSA) is 67.9 Å². The molecular weight excluding hydrogens is 404 g/mol. The summed E-state index contributed by atoms with van der Waals surface area (Å²) in [6, 6.07) is 22.2. The lowest BCUT2D eigenvalue weighted by molar-refractivity contribution is -0.142. The number of carbonyl (C=O) groups is 2. The molecule has 0 aliphatic carbocycles. The van der Waals surface area contributed by atoms with E-state index in [1.807, 2.05) is 72.8 Å². The van der Waals surface area contributed by atoms with Crippen molar-refractivity contribution in [1.29, 1.82) is 0 Å². The molecule has 4 rings (SSSR count). The molecule has 1 N–H and O–H groups in total. The first-order valence-electron chi connectivity index (χ1n) is 10.5. The van der Waals surface area contributed by atoms with Crippen LogP contribution in [0.3, 0.4) is 0 Å². The lowest BCUT2D eigenvalue weighted by Gasteiger charge is -2.36. The standard InChI is InChI=1S/C26H26N2O4/c1-31-22-14-8-12-20(25(22)32-2)16-27-26(30)24-21-13-7-6-11-19(21)15-23(29)28(24)17-18-9-4-3-5-10-18/h3-14,24H,15-17H2,1-2H3,(H,27,30). The zero-order valence-electron chi connectivity index (χ0n) is 18.2. The fourth-order valence-electron chi connectivity index (χ4n) is 4.15. The van der Waals surface area contributed by atoms with Crippen LogP contribution in [0, 0.1) is 0 Å². The van der Waals surface area contributed by atoms with E-state index in [9.17, 15) is 9.59 Å². The number of nitrogens with zero attached hydrogens (tertiary/aromatic N) is 1. The van der Waals surface area contributed by atoms with Gasteiger partial charge in [-0.1, -0.05) is 66.7 Å². The van der Waals surface area contributed by atoms with Crippen molar-refractivity contribution in [3.05, 3.63) is 95.1 Å². The Kier molecular flexibility index (Phi) is 6.40. The molecule has 2 amide bonds. The molecule has 3 aromatic rings. The smallest absolute Gasteiger partial charge is 0.247 e. The summed E-state index contributed by atoms with van der Waals surface area (Å²) in [7, 11) is 3.15. The van der Waals surface area contributed by atoms with E-state index in [0.717, 1.165) is 22.3 Å². The highest BCUT2D eigenvalue weighted by molar-refractivity contribution is 5.92. The predicted octanol–water partition coefficient (Wildman–Crippen LogP) is 3.65. The quantitative estimate of drug-likeness (QED) is 0.621. The van der Waals surface area contributed by atoms with Gasteiger partial charge in [-0.05, 0) is 22.8 Å². The Morgan fingerprint density at radius 1 is 0.969 bits per heavy atom. The number of nitrogens with one attached hydrogen (secondary N) is 1. The third-order valence-electron chi connectivity index (χ3n) is 5.71. The van der Waals surface area contributed by atoms with Crippen LogP contribution in [0.4, 0.5) is 0 Å². The van der Waals surface area contributed by atoms with E-state index in [-0.39, 0.29) is 24.8 Å². The van der Waals surface area contributed by atoms with Gasteiger partial charge in [0.2, 0.25) is 11.8 Å². The normalized spacial score (nSPS) is 15.1. The number of para-hydroxylation sites is 1. The Hall–Kier alpha value is -3.80. The van der Waals surface area contributed by atoms with E-state index in [4.69, 9.17) is 9.47 Å². The van der Waals surface area contributed by atoms with Crippen molar-refractivity contribution in [1.82, 2.24) is 10.2 Å². The first-order valence-corrected chi connectivity index (χ1v) is 10.5. The largest absolute Gasteiger partial charge is 0.493 e. The Balaban J connectivity index is 1.62. The number of hydrogen-bond acceptors (Lipinski definition) is 4. The number of hydrogen-bond donors (Lipinski definition) is 1. The van der Waals surface area contributed by atoms with E-state index >= 15 is 0 Å². The van der Waals surface area contributed by atoms with Crippen LogP contribution in [0.25, 0.3) is 0 Å². The minimum absolute atomic E-state index is 0.0633. The summed E-state index contributed by atoms with van der Waals surface area (Å²) in [4.78, 5) is 28.2. The van der Waals surface area contributed by atoms with E-state index in [2.05, 4.69) is 5.32 Å². The van der Waals surface area contributed by atoms with Gasteiger partial charge in [0.05, 0.1) is 20.6 Å². The monoisotopic (exact) mass is 430 g/mol. The third kappa shape index (κ3) is 4.30. The number of carbonyl (C=O) groups excluding carboxylic acids is 2. The summed E-state index contributed by atoms with van der Waals surface area (Å²) in [5.41, 5.74) is 3.52. The maximum Gasteiger partial charge on any atom is 0.247 e. The summed E-state index contributed by atoms with van der Waals surface area (Å²) in [6.45, 7) is 0.625. The van der Waals surface area contributed by atoms with Crippen LogP contribution in [0.1, 0.15) is 28.3 Å². The zero-order valence-corrected chi connectivity index (χ0v) is 18.2. The number of fused-ring (bicyclic) bond motifs is 1. The van der Waals surface area contributed by atoms with Crippen LogP contribution in [-0.2, 0) is 29.1 Å². The second kappa shape index (κ2) is 9.56. The van der Waals surface area contributed by atoms with Crippen molar-refractivity contribution in [3.63, 3.8) is 0 Å². The summed E-state index contributed by atoms with van der Waals surface area (Å²) < 4.78 is 10.8. The van der Waals surface area contributed by atoms with E-state index in [1.54, 1.807) is 19.1 Å². The number of ether oxygens (including phenoxy) is 2. The fourth-order valence-corrected chi connectivity index (χ4v) is 4.15. The first-order chi connectivity index (χ1) is 15.6. The van der Waals surface area contributed by atoms with Crippen molar-refractivity contribution >= 4 is 11.8 Å². The van der Waals surface area contributed by atoms with Gasteiger partial charge in [0.15, 0.2) is 11.5 Å². The highest BCUT2D eigenvalue weighted by Gasteiger charge is 2.37. The SMILES string of the molecule is COc1cccc(CNC(=O)C2c3ccccc3CC(=O)N2Cc2ccccc2)c1OC. The highest BCUT2D eigenvalue weighted by atomic mass is 16.5. The summed E-state index contributed by atoms with van der Waals surface area (Å²) in [5, 5.41) is 3.00. The Bertz CT molecular complexity index is 1110. The molecule has 6 heteroatoms. The second-order valence-electron chi connectivity index (χ2n) is 7.66. The summed E-state index contributed by atoms with van der Waals surface area (Å²) >= 11 is 0. The number of amides is 2. The van der Waals surface area contributed by atoms with Crippen LogP contribution < -0.4 is 14.8 Å².